The van der Waals surface area contributed by atoms with Gasteiger partial charge in [-0.3, -0.25) is 9.10 Å². The molecule has 0 saturated heterocycles. The number of carbonyl (C=O) groups is 1. The molecule has 3 aromatic carbocycles. The molecule has 38 heavy (non-hydrogen) atoms. The minimum atomic E-state index is -4.15. The third kappa shape index (κ3) is 6.36. The average molecular weight is 592 g/mol. The Bertz CT molecular complexity index is 1620. The molecule has 0 saturated carbocycles. The van der Waals surface area contributed by atoms with Crippen molar-refractivity contribution in [1.29, 1.82) is 0 Å². The Hall–Kier alpha value is -3.37. The van der Waals surface area contributed by atoms with Gasteiger partial charge in [0.15, 0.2) is 0 Å². The summed E-state index contributed by atoms with van der Waals surface area (Å²) in [6.07, 6.45) is 1.33. The van der Waals surface area contributed by atoms with Crippen LogP contribution in [0.2, 0.25) is 15.2 Å². The largest absolute Gasteiger partial charge is 0.497 e. The Morgan fingerprint density at radius 2 is 1.71 bits per heavy atom. The van der Waals surface area contributed by atoms with Crippen LogP contribution >= 0.6 is 34.8 Å². The SMILES string of the molecule is COc1ccc2cc(/C=N/NC(=O)CN(c3cc(Cl)cc(Cl)c3)S(=O)(=O)c3ccc(C)cc3)c(Cl)nc2c1. The highest BCUT2D eigenvalue weighted by Gasteiger charge is 2.27. The Morgan fingerprint density at radius 1 is 1.03 bits per heavy atom. The lowest BCUT2D eigenvalue weighted by atomic mass is 10.1. The van der Waals surface area contributed by atoms with Crippen molar-refractivity contribution in [1.82, 2.24) is 10.4 Å². The number of benzene rings is 3. The third-order valence-corrected chi connectivity index (χ3v) is 7.96. The molecule has 0 unspecified atom stereocenters. The average Bonchev–Trinajstić information content (AvgIpc) is 2.86. The standard InChI is InChI=1S/C26H21Cl3N4O4S/c1-16-3-7-23(8-4-16)38(35,36)33(21-11-19(27)10-20(28)12-21)15-25(34)32-30-14-18-9-17-5-6-22(37-2)13-24(17)31-26(18)29/h3-14H,15H2,1-2H3,(H,32,34)/b30-14+. The number of ether oxygens (including phenoxy) is 1. The number of nitrogens with zero attached hydrogens (tertiary/aromatic N) is 3. The van der Waals surface area contributed by atoms with E-state index in [-0.39, 0.29) is 25.8 Å². The van der Waals surface area contributed by atoms with Gasteiger partial charge in [0.2, 0.25) is 0 Å². The highest BCUT2D eigenvalue weighted by atomic mass is 35.5. The summed E-state index contributed by atoms with van der Waals surface area (Å²) in [5, 5.41) is 5.33. The van der Waals surface area contributed by atoms with Gasteiger partial charge in [-0.05, 0) is 55.5 Å². The van der Waals surface area contributed by atoms with Gasteiger partial charge in [0.1, 0.15) is 17.4 Å². The van der Waals surface area contributed by atoms with Crippen LogP contribution < -0.4 is 14.5 Å². The first-order chi connectivity index (χ1) is 18.1. The molecule has 1 amide bonds. The van der Waals surface area contributed by atoms with Crippen LogP contribution in [0.5, 0.6) is 5.75 Å². The maximum absolute atomic E-state index is 13.5. The zero-order chi connectivity index (χ0) is 27.4. The van der Waals surface area contributed by atoms with E-state index in [4.69, 9.17) is 39.5 Å². The smallest absolute Gasteiger partial charge is 0.264 e. The molecule has 1 N–H and O–H groups in total. The van der Waals surface area contributed by atoms with Crippen molar-refractivity contribution in [2.75, 3.05) is 18.0 Å². The zero-order valence-corrected chi connectivity index (χ0v) is 23.2. The lowest BCUT2D eigenvalue weighted by molar-refractivity contribution is -0.119. The highest BCUT2D eigenvalue weighted by Crippen LogP contribution is 2.30. The van der Waals surface area contributed by atoms with Crippen molar-refractivity contribution in [3.63, 3.8) is 0 Å². The van der Waals surface area contributed by atoms with Crippen LogP contribution in [0, 0.1) is 6.92 Å². The molecular weight excluding hydrogens is 571 g/mol. The first kappa shape index (κ1) is 27.7. The number of sulfonamides is 1. The number of hydrogen-bond acceptors (Lipinski definition) is 6. The Labute approximate surface area is 234 Å². The number of halogens is 3. The van der Waals surface area contributed by atoms with E-state index >= 15 is 0 Å². The Kier molecular flexibility index (Phi) is 8.42. The van der Waals surface area contributed by atoms with E-state index in [2.05, 4.69) is 15.5 Å². The molecule has 0 radical (unpaired) electrons. The summed E-state index contributed by atoms with van der Waals surface area (Å²) >= 11 is 18.5. The second-order valence-corrected chi connectivity index (χ2v) is 11.3. The lowest BCUT2D eigenvalue weighted by Gasteiger charge is -2.24. The van der Waals surface area contributed by atoms with Crippen molar-refractivity contribution in [3.05, 3.63) is 93.1 Å². The zero-order valence-electron chi connectivity index (χ0n) is 20.2. The maximum atomic E-state index is 13.5. The fraction of sp³-hybridized carbons (Fsp3) is 0.115. The number of aryl methyl sites for hydroxylation is 1. The molecule has 0 atom stereocenters. The van der Waals surface area contributed by atoms with Crippen molar-refractivity contribution >= 4 is 73.5 Å². The second-order valence-electron chi connectivity index (χ2n) is 8.17. The molecule has 1 heterocycles. The minimum Gasteiger partial charge on any atom is -0.497 e. The number of anilines is 1. The molecule has 4 aromatic rings. The number of methoxy groups -OCH3 is 1. The van der Waals surface area contributed by atoms with Crippen LogP contribution in [-0.2, 0) is 14.8 Å². The minimum absolute atomic E-state index is 0.00106. The van der Waals surface area contributed by atoms with Gasteiger partial charge in [0.25, 0.3) is 15.9 Å². The van der Waals surface area contributed by atoms with Crippen LogP contribution in [0.3, 0.4) is 0 Å². The van der Waals surface area contributed by atoms with Crippen LogP contribution in [0.4, 0.5) is 5.69 Å². The van der Waals surface area contributed by atoms with Crippen LogP contribution in [0.1, 0.15) is 11.1 Å². The summed E-state index contributed by atoms with van der Waals surface area (Å²) in [7, 11) is -2.60. The molecule has 196 valence electrons. The van der Waals surface area contributed by atoms with Crippen molar-refractivity contribution < 1.29 is 17.9 Å². The fourth-order valence-corrected chi connectivity index (χ4v) is 5.65. The number of amides is 1. The Morgan fingerprint density at radius 3 is 2.37 bits per heavy atom. The van der Waals surface area contributed by atoms with E-state index in [0.717, 1.165) is 15.3 Å². The van der Waals surface area contributed by atoms with Gasteiger partial charge < -0.3 is 4.74 Å². The molecule has 0 spiro atoms. The van der Waals surface area contributed by atoms with Gasteiger partial charge in [0.05, 0.1) is 29.4 Å². The van der Waals surface area contributed by atoms with Gasteiger partial charge >= 0.3 is 0 Å². The topological polar surface area (TPSA) is 101 Å². The van der Waals surface area contributed by atoms with Crippen LogP contribution in [0.15, 0.2) is 76.7 Å². The normalized spacial score (nSPS) is 11.6. The fourth-order valence-electron chi connectivity index (χ4n) is 3.53. The van der Waals surface area contributed by atoms with Crippen LogP contribution in [0.25, 0.3) is 10.9 Å². The number of nitrogens with one attached hydrogen (secondary N) is 1. The molecule has 1 aromatic heterocycles. The summed E-state index contributed by atoms with van der Waals surface area (Å²) in [5.74, 6) is -0.0662. The predicted molar refractivity (Wildman–Crippen MR) is 151 cm³/mol. The van der Waals surface area contributed by atoms with Crippen LogP contribution in [-0.4, -0.2) is 39.2 Å². The summed E-state index contributed by atoms with van der Waals surface area (Å²) in [4.78, 5) is 17.2. The van der Waals surface area contributed by atoms with Gasteiger partial charge in [-0.15, -0.1) is 0 Å². The summed E-state index contributed by atoms with van der Waals surface area (Å²) < 4.78 is 33.1. The predicted octanol–water partition coefficient (Wildman–Crippen LogP) is 5.86. The number of hydrogen-bond donors (Lipinski definition) is 1. The van der Waals surface area contributed by atoms with Gasteiger partial charge in [-0.25, -0.2) is 18.8 Å². The van der Waals surface area contributed by atoms with Gasteiger partial charge in [-0.2, -0.15) is 5.10 Å². The maximum Gasteiger partial charge on any atom is 0.264 e. The number of carbonyl (C=O) groups excluding carboxylic acids is 1. The van der Waals surface area contributed by atoms with E-state index < -0.39 is 22.5 Å². The first-order valence-electron chi connectivity index (χ1n) is 11.1. The number of aromatic nitrogens is 1. The first-order valence-corrected chi connectivity index (χ1v) is 13.7. The van der Waals surface area contributed by atoms with Crippen molar-refractivity contribution in [2.24, 2.45) is 5.10 Å². The molecule has 0 aliphatic rings. The monoisotopic (exact) mass is 590 g/mol. The molecule has 8 nitrogen and oxygen atoms in total. The van der Waals surface area contributed by atoms with Gasteiger partial charge in [-0.1, -0.05) is 52.5 Å². The van der Waals surface area contributed by atoms with Crippen molar-refractivity contribution in [2.45, 2.75) is 11.8 Å². The van der Waals surface area contributed by atoms with E-state index in [1.54, 1.807) is 37.4 Å². The summed E-state index contributed by atoms with van der Waals surface area (Å²) in [6, 6.07) is 17.6. The molecular formula is C26H21Cl3N4O4S. The molecule has 0 fully saturated rings. The highest BCUT2D eigenvalue weighted by molar-refractivity contribution is 7.92. The Balaban J connectivity index is 1.58. The third-order valence-electron chi connectivity index (χ3n) is 5.43. The summed E-state index contributed by atoms with van der Waals surface area (Å²) in [6.45, 7) is 1.25. The van der Waals surface area contributed by atoms with Crippen molar-refractivity contribution in [3.8, 4) is 5.75 Å². The number of pyridine rings is 1. The molecule has 0 aliphatic heterocycles. The quantitative estimate of drug-likeness (QED) is 0.157. The van der Waals surface area contributed by atoms with Gasteiger partial charge in [0, 0.05) is 27.1 Å². The van der Waals surface area contributed by atoms with E-state index in [1.165, 1.54) is 36.5 Å². The second kappa shape index (κ2) is 11.6. The molecule has 4 rings (SSSR count). The lowest BCUT2D eigenvalue weighted by Crippen LogP contribution is -2.39. The number of rotatable bonds is 8. The molecule has 0 aliphatic carbocycles. The molecule has 12 heteroatoms. The van der Waals surface area contributed by atoms with E-state index in [0.29, 0.717) is 16.8 Å². The summed E-state index contributed by atoms with van der Waals surface area (Å²) in [5.41, 5.74) is 4.43. The van der Waals surface area contributed by atoms with E-state index in [1.807, 2.05) is 13.0 Å². The number of hydrazone groups is 1. The van der Waals surface area contributed by atoms with E-state index in [9.17, 15) is 13.2 Å². The number of fused-ring (bicyclic) bond motifs is 1. The molecule has 0 bridgehead atoms.